The molecule has 0 spiro atoms. The molecule has 1 aromatic heterocycles. The van der Waals surface area contributed by atoms with Crippen molar-refractivity contribution in [3.63, 3.8) is 0 Å². The van der Waals surface area contributed by atoms with E-state index in [0.717, 1.165) is 49.2 Å². The fourth-order valence-electron chi connectivity index (χ4n) is 2.37. The summed E-state index contributed by atoms with van der Waals surface area (Å²) in [5.41, 5.74) is 7.80. The Morgan fingerprint density at radius 3 is 2.62 bits per heavy atom. The number of nitrogens with one attached hydrogen (secondary N) is 1. The molecule has 0 atom stereocenters. The van der Waals surface area contributed by atoms with Gasteiger partial charge in [-0.25, -0.2) is 4.98 Å². The van der Waals surface area contributed by atoms with Gasteiger partial charge in [0.25, 0.3) is 0 Å². The molecule has 4 nitrogen and oxygen atoms in total. The maximum absolute atomic E-state index is 5.78. The first kappa shape index (κ1) is 18.0. The third kappa shape index (κ3) is 5.00. The summed E-state index contributed by atoms with van der Waals surface area (Å²) in [5.74, 6) is 0.565. The SMILES string of the molecule is CCN(CC)CCCNc1cccc2ccc(N)nc12.I. The number of nitrogen functional groups attached to an aromatic ring is 1. The maximum Gasteiger partial charge on any atom is 0.124 e. The minimum Gasteiger partial charge on any atom is -0.384 e. The molecule has 0 radical (unpaired) electrons. The van der Waals surface area contributed by atoms with Crippen LogP contribution in [0.2, 0.25) is 0 Å². The lowest BCUT2D eigenvalue weighted by molar-refractivity contribution is 0.303. The number of para-hydroxylation sites is 1. The number of nitrogens with two attached hydrogens (primary N) is 1. The number of rotatable bonds is 7. The molecular weight excluding hydrogens is 375 g/mol. The molecule has 1 aromatic carbocycles. The number of pyridine rings is 1. The summed E-state index contributed by atoms with van der Waals surface area (Å²) in [7, 11) is 0. The molecule has 0 aliphatic heterocycles. The van der Waals surface area contributed by atoms with Gasteiger partial charge in [0.05, 0.1) is 11.2 Å². The highest BCUT2D eigenvalue weighted by Crippen LogP contribution is 2.22. The van der Waals surface area contributed by atoms with Crippen molar-refractivity contribution in [2.45, 2.75) is 20.3 Å². The number of hydrogen-bond acceptors (Lipinski definition) is 4. The molecule has 0 aliphatic rings. The van der Waals surface area contributed by atoms with Crippen LogP contribution in [-0.2, 0) is 0 Å². The van der Waals surface area contributed by atoms with Gasteiger partial charge in [0, 0.05) is 11.9 Å². The van der Waals surface area contributed by atoms with Gasteiger partial charge < -0.3 is 16.0 Å². The highest BCUT2D eigenvalue weighted by atomic mass is 127. The van der Waals surface area contributed by atoms with Crippen LogP contribution in [0.1, 0.15) is 20.3 Å². The van der Waals surface area contributed by atoms with Gasteiger partial charge in [-0.05, 0) is 44.3 Å². The van der Waals surface area contributed by atoms with Crippen LogP contribution >= 0.6 is 24.0 Å². The second-order valence-electron chi connectivity index (χ2n) is 4.92. The summed E-state index contributed by atoms with van der Waals surface area (Å²) in [6.45, 7) is 8.71. The van der Waals surface area contributed by atoms with E-state index >= 15 is 0 Å². The Bertz CT molecular complexity index is 555. The van der Waals surface area contributed by atoms with Crippen molar-refractivity contribution < 1.29 is 0 Å². The summed E-state index contributed by atoms with van der Waals surface area (Å²) in [4.78, 5) is 6.86. The Morgan fingerprint density at radius 1 is 1.14 bits per heavy atom. The maximum atomic E-state index is 5.78. The van der Waals surface area contributed by atoms with E-state index < -0.39 is 0 Å². The van der Waals surface area contributed by atoms with Crippen molar-refractivity contribution >= 4 is 46.4 Å². The topological polar surface area (TPSA) is 54.2 Å². The lowest BCUT2D eigenvalue weighted by atomic mass is 10.2. The van der Waals surface area contributed by atoms with Gasteiger partial charge in [-0.15, -0.1) is 24.0 Å². The quantitative estimate of drug-likeness (QED) is 0.551. The largest absolute Gasteiger partial charge is 0.384 e. The number of aromatic nitrogens is 1. The Morgan fingerprint density at radius 2 is 1.90 bits per heavy atom. The molecule has 3 N–H and O–H groups in total. The van der Waals surface area contributed by atoms with Crippen LogP contribution in [-0.4, -0.2) is 36.1 Å². The van der Waals surface area contributed by atoms with Gasteiger partial charge in [-0.2, -0.15) is 0 Å². The van der Waals surface area contributed by atoms with E-state index in [9.17, 15) is 0 Å². The lowest BCUT2D eigenvalue weighted by Crippen LogP contribution is -2.25. The third-order valence-corrected chi connectivity index (χ3v) is 3.60. The minimum absolute atomic E-state index is 0. The van der Waals surface area contributed by atoms with E-state index in [-0.39, 0.29) is 24.0 Å². The second-order valence-corrected chi connectivity index (χ2v) is 4.92. The van der Waals surface area contributed by atoms with E-state index in [1.165, 1.54) is 0 Å². The predicted octanol–water partition coefficient (Wildman–Crippen LogP) is 3.58. The zero-order valence-electron chi connectivity index (χ0n) is 12.8. The Balaban J connectivity index is 0.00000220. The summed E-state index contributed by atoms with van der Waals surface area (Å²) in [5, 5.41) is 4.59. The Kier molecular flexibility index (Phi) is 7.74. The molecular formula is C16H25IN4. The van der Waals surface area contributed by atoms with E-state index in [0.29, 0.717) is 5.82 Å². The average Bonchev–Trinajstić information content (AvgIpc) is 2.47. The van der Waals surface area contributed by atoms with Crippen LogP contribution in [0.25, 0.3) is 10.9 Å². The fraction of sp³-hybridized carbons (Fsp3) is 0.438. The molecule has 2 rings (SSSR count). The number of benzene rings is 1. The number of halogens is 1. The highest BCUT2D eigenvalue weighted by Gasteiger charge is 2.03. The summed E-state index contributed by atoms with van der Waals surface area (Å²) in [6, 6.07) is 10.0. The van der Waals surface area contributed by atoms with Gasteiger partial charge in [0.1, 0.15) is 5.82 Å². The zero-order valence-corrected chi connectivity index (χ0v) is 15.1. The summed E-state index contributed by atoms with van der Waals surface area (Å²) >= 11 is 0. The molecule has 21 heavy (non-hydrogen) atoms. The van der Waals surface area contributed by atoms with E-state index in [1.54, 1.807) is 0 Å². The molecule has 0 fully saturated rings. The normalized spacial score (nSPS) is 10.6. The van der Waals surface area contributed by atoms with Gasteiger partial charge >= 0.3 is 0 Å². The average molecular weight is 400 g/mol. The fourth-order valence-corrected chi connectivity index (χ4v) is 2.37. The van der Waals surface area contributed by atoms with Gasteiger partial charge in [0.15, 0.2) is 0 Å². The molecule has 1 heterocycles. The van der Waals surface area contributed by atoms with Crippen LogP contribution in [0.15, 0.2) is 30.3 Å². The van der Waals surface area contributed by atoms with E-state index in [2.05, 4.69) is 41.2 Å². The Labute approximate surface area is 144 Å². The molecule has 0 amide bonds. The number of anilines is 2. The Hall–Kier alpha value is -1.08. The lowest BCUT2D eigenvalue weighted by Gasteiger charge is -2.18. The van der Waals surface area contributed by atoms with Crippen LogP contribution in [0, 0.1) is 0 Å². The first-order valence-electron chi connectivity index (χ1n) is 7.36. The molecule has 0 saturated carbocycles. The molecule has 0 aliphatic carbocycles. The first-order valence-corrected chi connectivity index (χ1v) is 7.36. The molecule has 2 aromatic rings. The van der Waals surface area contributed by atoms with Crippen molar-refractivity contribution in [3.8, 4) is 0 Å². The van der Waals surface area contributed by atoms with E-state index in [1.807, 2.05) is 18.2 Å². The number of nitrogens with zero attached hydrogens (tertiary/aromatic N) is 2. The van der Waals surface area contributed by atoms with Crippen molar-refractivity contribution in [3.05, 3.63) is 30.3 Å². The third-order valence-electron chi connectivity index (χ3n) is 3.60. The van der Waals surface area contributed by atoms with Crippen LogP contribution < -0.4 is 11.1 Å². The smallest absolute Gasteiger partial charge is 0.124 e. The van der Waals surface area contributed by atoms with Crippen LogP contribution in [0.3, 0.4) is 0 Å². The first-order chi connectivity index (χ1) is 9.74. The second kappa shape index (κ2) is 9.04. The highest BCUT2D eigenvalue weighted by molar-refractivity contribution is 14.0. The predicted molar refractivity (Wildman–Crippen MR) is 102 cm³/mol. The molecule has 0 bridgehead atoms. The molecule has 116 valence electrons. The molecule has 5 heteroatoms. The minimum atomic E-state index is 0. The van der Waals surface area contributed by atoms with E-state index in [4.69, 9.17) is 5.73 Å². The standard InChI is InChI=1S/C16H24N4.HI/c1-3-20(4-2)12-6-11-18-14-8-5-7-13-9-10-15(17)19-16(13)14;/h5,7-10,18H,3-4,6,11-12H2,1-2H3,(H2,17,19);1H. The molecule has 0 unspecified atom stereocenters. The van der Waals surface area contributed by atoms with Gasteiger partial charge in [-0.3, -0.25) is 0 Å². The van der Waals surface area contributed by atoms with Crippen LogP contribution in [0.4, 0.5) is 11.5 Å². The number of hydrogen-bond donors (Lipinski definition) is 2. The van der Waals surface area contributed by atoms with Crippen molar-refractivity contribution in [1.29, 1.82) is 0 Å². The summed E-state index contributed by atoms with van der Waals surface area (Å²) in [6.07, 6.45) is 1.13. The number of fused-ring (bicyclic) bond motifs is 1. The van der Waals surface area contributed by atoms with Crippen molar-refractivity contribution in [1.82, 2.24) is 9.88 Å². The zero-order chi connectivity index (χ0) is 14.4. The summed E-state index contributed by atoms with van der Waals surface area (Å²) < 4.78 is 0. The van der Waals surface area contributed by atoms with Crippen LogP contribution in [0.5, 0.6) is 0 Å². The van der Waals surface area contributed by atoms with Crippen molar-refractivity contribution in [2.75, 3.05) is 37.2 Å². The van der Waals surface area contributed by atoms with Crippen molar-refractivity contribution in [2.24, 2.45) is 0 Å². The van der Waals surface area contributed by atoms with Gasteiger partial charge in [0.2, 0.25) is 0 Å². The monoisotopic (exact) mass is 400 g/mol. The molecule has 0 saturated heterocycles. The van der Waals surface area contributed by atoms with Gasteiger partial charge in [-0.1, -0.05) is 26.0 Å².